The number of para-hydroxylation sites is 1. The Balaban J connectivity index is 1.44. The van der Waals surface area contributed by atoms with Crippen molar-refractivity contribution in [2.75, 3.05) is 5.32 Å². The Morgan fingerprint density at radius 2 is 1.52 bits per heavy atom. The molecule has 0 aliphatic heterocycles. The number of nitrogens with one attached hydrogen (secondary N) is 1. The van der Waals surface area contributed by atoms with Gasteiger partial charge in [0.25, 0.3) is 0 Å². The minimum Gasteiger partial charge on any atom is -0.478 e. The van der Waals surface area contributed by atoms with Crippen molar-refractivity contribution in [3.8, 4) is 0 Å². The molecule has 3 aromatic carbocycles. The summed E-state index contributed by atoms with van der Waals surface area (Å²) in [7, 11) is 0. The van der Waals surface area contributed by atoms with Crippen LogP contribution in [0.15, 0.2) is 90.5 Å². The molecular weight excluding hydrogens is 436 g/mol. The zero-order valence-electron chi connectivity index (χ0n) is 17.3. The van der Waals surface area contributed by atoms with E-state index in [9.17, 15) is 19.5 Å². The van der Waals surface area contributed by atoms with Gasteiger partial charge in [0.2, 0.25) is 5.91 Å². The molecule has 6 nitrogen and oxygen atoms in total. The minimum absolute atomic E-state index is 0.306. The van der Waals surface area contributed by atoms with Crippen LogP contribution in [0.3, 0.4) is 0 Å². The molecule has 33 heavy (non-hydrogen) atoms. The standard InChI is InChI=1S/C26H18N2O4S/c29-23(28-26-27-21-8-4-5-9-22(21)33-26)15-14-17-10-12-18(13-11-17)16-20(25(31)32)24(30)19-6-2-1-3-7-19/h1-16H,(H,31,32)(H,27,28,29). The van der Waals surface area contributed by atoms with Crippen LogP contribution in [-0.4, -0.2) is 27.8 Å². The first-order valence-corrected chi connectivity index (χ1v) is 10.8. The lowest BCUT2D eigenvalue weighted by molar-refractivity contribution is -0.132. The van der Waals surface area contributed by atoms with E-state index in [0.29, 0.717) is 16.3 Å². The van der Waals surface area contributed by atoms with Gasteiger partial charge in [0.15, 0.2) is 10.9 Å². The zero-order chi connectivity index (χ0) is 23.2. The number of anilines is 1. The van der Waals surface area contributed by atoms with E-state index in [0.717, 1.165) is 15.8 Å². The summed E-state index contributed by atoms with van der Waals surface area (Å²) in [6.07, 6.45) is 4.38. The average molecular weight is 455 g/mol. The molecule has 0 radical (unpaired) electrons. The summed E-state index contributed by atoms with van der Waals surface area (Å²) in [5.41, 5.74) is 2.13. The van der Waals surface area contributed by atoms with Crippen LogP contribution in [-0.2, 0) is 9.59 Å². The first-order chi connectivity index (χ1) is 16.0. The number of aliphatic carboxylic acids is 1. The smallest absolute Gasteiger partial charge is 0.339 e. The lowest BCUT2D eigenvalue weighted by atomic mass is 10.0. The highest BCUT2D eigenvalue weighted by molar-refractivity contribution is 7.22. The Morgan fingerprint density at radius 1 is 0.848 bits per heavy atom. The number of carboxylic acids is 1. The number of benzene rings is 3. The third-order valence-corrected chi connectivity index (χ3v) is 5.66. The summed E-state index contributed by atoms with van der Waals surface area (Å²) in [6, 6.07) is 22.8. The molecule has 0 saturated heterocycles. The van der Waals surface area contributed by atoms with Gasteiger partial charge in [-0.05, 0) is 35.4 Å². The van der Waals surface area contributed by atoms with E-state index in [2.05, 4.69) is 10.3 Å². The number of thiazole rings is 1. The maximum absolute atomic E-state index is 12.5. The van der Waals surface area contributed by atoms with Crippen molar-refractivity contribution in [2.45, 2.75) is 0 Å². The highest BCUT2D eigenvalue weighted by atomic mass is 32.1. The van der Waals surface area contributed by atoms with Crippen LogP contribution >= 0.6 is 11.3 Å². The molecule has 0 fully saturated rings. The van der Waals surface area contributed by atoms with Gasteiger partial charge >= 0.3 is 5.97 Å². The van der Waals surface area contributed by atoms with Crippen molar-refractivity contribution in [2.24, 2.45) is 0 Å². The summed E-state index contributed by atoms with van der Waals surface area (Å²) in [5.74, 6) is -2.16. The number of rotatable bonds is 7. The van der Waals surface area contributed by atoms with Crippen LogP contribution in [0.2, 0.25) is 0 Å². The van der Waals surface area contributed by atoms with Gasteiger partial charge in [-0.15, -0.1) is 0 Å². The van der Waals surface area contributed by atoms with Gasteiger partial charge in [-0.25, -0.2) is 9.78 Å². The maximum atomic E-state index is 12.5. The quantitative estimate of drug-likeness (QED) is 0.171. The van der Waals surface area contributed by atoms with Crippen LogP contribution in [0.1, 0.15) is 21.5 Å². The van der Waals surface area contributed by atoms with E-state index < -0.39 is 11.8 Å². The number of carboxylic acid groups (broad SMARTS) is 1. The number of ketones is 1. The third kappa shape index (κ3) is 5.47. The highest BCUT2D eigenvalue weighted by Gasteiger charge is 2.18. The molecule has 0 atom stereocenters. The third-order valence-electron chi connectivity index (χ3n) is 4.71. The fourth-order valence-corrected chi connectivity index (χ4v) is 3.95. The lowest BCUT2D eigenvalue weighted by Gasteiger charge is -2.03. The summed E-state index contributed by atoms with van der Waals surface area (Å²) in [5, 5.41) is 12.8. The number of Topliss-reactive ketones (excluding diaryl/α,β-unsaturated/α-hetero) is 1. The normalized spacial score (nSPS) is 11.6. The molecular formula is C26H18N2O4S. The van der Waals surface area contributed by atoms with Crippen LogP contribution in [0.25, 0.3) is 22.4 Å². The van der Waals surface area contributed by atoms with E-state index in [1.54, 1.807) is 60.7 Å². The number of hydrogen-bond donors (Lipinski definition) is 2. The van der Waals surface area contributed by atoms with E-state index >= 15 is 0 Å². The van der Waals surface area contributed by atoms with Gasteiger partial charge in [-0.3, -0.25) is 14.9 Å². The molecule has 0 aliphatic rings. The average Bonchev–Trinajstić information content (AvgIpc) is 3.24. The van der Waals surface area contributed by atoms with Crippen molar-refractivity contribution in [1.29, 1.82) is 0 Å². The largest absolute Gasteiger partial charge is 0.478 e. The number of carbonyl (C=O) groups excluding carboxylic acids is 2. The van der Waals surface area contributed by atoms with E-state index in [1.165, 1.54) is 23.5 Å². The monoisotopic (exact) mass is 454 g/mol. The van der Waals surface area contributed by atoms with Gasteiger partial charge < -0.3 is 5.11 Å². The molecule has 0 bridgehead atoms. The fraction of sp³-hybridized carbons (Fsp3) is 0. The SMILES string of the molecule is O=C(C=Cc1ccc(C=C(C(=O)O)C(=O)c2ccccc2)cc1)Nc1nc2ccccc2s1. The number of amides is 1. The Hall–Kier alpha value is -4.36. The van der Waals surface area contributed by atoms with Gasteiger partial charge in [0, 0.05) is 11.6 Å². The van der Waals surface area contributed by atoms with Crippen molar-refractivity contribution in [1.82, 2.24) is 4.98 Å². The Kier molecular flexibility index (Phi) is 6.52. The molecule has 1 amide bonds. The van der Waals surface area contributed by atoms with E-state index in [-0.39, 0.29) is 11.5 Å². The number of fused-ring (bicyclic) bond motifs is 1. The molecule has 4 aromatic rings. The number of hydrogen-bond acceptors (Lipinski definition) is 5. The first kappa shape index (κ1) is 21.9. The second-order valence-corrected chi connectivity index (χ2v) is 8.06. The minimum atomic E-state index is -1.29. The van der Waals surface area contributed by atoms with Crippen LogP contribution in [0.5, 0.6) is 0 Å². The summed E-state index contributed by atoms with van der Waals surface area (Å²) in [6.45, 7) is 0. The van der Waals surface area contributed by atoms with Gasteiger partial charge in [-0.2, -0.15) is 0 Å². The van der Waals surface area contributed by atoms with Crippen LogP contribution < -0.4 is 5.32 Å². The Bertz CT molecular complexity index is 1350. The lowest BCUT2D eigenvalue weighted by Crippen LogP contribution is -2.12. The molecule has 2 N–H and O–H groups in total. The predicted octanol–water partition coefficient (Wildman–Crippen LogP) is 5.30. The topological polar surface area (TPSA) is 96.4 Å². The first-order valence-electron chi connectivity index (χ1n) is 9.99. The van der Waals surface area contributed by atoms with Crippen LogP contribution in [0, 0.1) is 0 Å². The highest BCUT2D eigenvalue weighted by Crippen LogP contribution is 2.25. The molecule has 4 rings (SSSR count). The molecule has 7 heteroatoms. The second-order valence-electron chi connectivity index (χ2n) is 7.03. The van der Waals surface area contributed by atoms with E-state index in [4.69, 9.17) is 0 Å². The van der Waals surface area contributed by atoms with Crippen molar-refractivity contribution in [3.05, 3.63) is 107 Å². The van der Waals surface area contributed by atoms with Crippen molar-refractivity contribution >= 4 is 56.5 Å². The van der Waals surface area contributed by atoms with Gasteiger partial charge in [-0.1, -0.05) is 78.1 Å². The maximum Gasteiger partial charge on any atom is 0.339 e. The molecule has 0 aliphatic carbocycles. The van der Waals surface area contributed by atoms with Gasteiger partial charge in [0.05, 0.1) is 10.2 Å². The molecule has 0 unspecified atom stereocenters. The predicted molar refractivity (Wildman–Crippen MR) is 130 cm³/mol. The molecule has 0 spiro atoms. The Morgan fingerprint density at radius 3 is 2.21 bits per heavy atom. The second kappa shape index (κ2) is 9.84. The molecule has 162 valence electrons. The fourth-order valence-electron chi connectivity index (χ4n) is 3.08. The molecule has 1 aromatic heterocycles. The Labute approximate surface area is 193 Å². The van der Waals surface area contributed by atoms with E-state index in [1.807, 2.05) is 24.3 Å². The number of carbonyl (C=O) groups is 3. The van der Waals surface area contributed by atoms with Crippen LogP contribution in [0.4, 0.5) is 5.13 Å². The molecule has 1 heterocycles. The number of nitrogens with zero attached hydrogens (tertiary/aromatic N) is 1. The number of aromatic nitrogens is 1. The summed E-state index contributed by atoms with van der Waals surface area (Å²) >= 11 is 1.40. The summed E-state index contributed by atoms with van der Waals surface area (Å²) in [4.78, 5) is 40.7. The van der Waals surface area contributed by atoms with Crippen molar-refractivity contribution < 1.29 is 19.5 Å². The molecule has 0 saturated carbocycles. The zero-order valence-corrected chi connectivity index (χ0v) is 18.1. The van der Waals surface area contributed by atoms with Crippen molar-refractivity contribution in [3.63, 3.8) is 0 Å². The summed E-state index contributed by atoms with van der Waals surface area (Å²) < 4.78 is 0.992. The van der Waals surface area contributed by atoms with Gasteiger partial charge in [0.1, 0.15) is 5.57 Å².